The molecule has 0 saturated carbocycles. The van der Waals surface area contributed by atoms with Crippen LogP contribution in [-0.4, -0.2) is 13.2 Å². The summed E-state index contributed by atoms with van der Waals surface area (Å²) < 4.78 is 11.7. The zero-order valence-corrected chi connectivity index (χ0v) is 19.0. The average molecular weight is 443 g/mol. The Bertz CT molecular complexity index is 1160. The summed E-state index contributed by atoms with van der Waals surface area (Å²) in [6.45, 7) is 1.32. The van der Waals surface area contributed by atoms with E-state index in [2.05, 4.69) is 23.7 Å². The molecule has 0 unspecified atom stereocenters. The summed E-state index contributed by atoms with van der Waals surface area (Å²) in [7, 11) is 0. The van der Waals surface area contributed by atoms with Gasteiger partial charge >= 0.3 is 0 Å². The minimum Gasteiger partial charge on any atom is -0.494 e. The van der Waals surface area contributed by atoms with Gasteiger partial charge in [0.25, 0.3) is 0 Å². The Hall–Kier alpha value is -4.40. The summed E-state index contributed by atoms with van der Waals surface area (Å²) in [4.78, 5) is 0. The maximum Gasteiger partial charge on any atom is 0.119 e. The summed E-state index contributed by atoms with van der Waals surface area (Å²) in [5.74, 6) is 14.4. The van der Waals surface area contributed by atoms with Crippen LogP contribution in [0.5, 0.6) is 11.5 Å². The third-order valence-corrected chi connectivity index (χ3v) is 5.03. The van der Waals surface area contributed by atoms with Gasteiger partial charge in [-0.05, 0) is 85.6 Å². The lowest BCUT2D eigenvalue weighted by Gasteiger charge is -2.08. The predicted octanol–water partition coefficient (Wildman–Crippen LogP) is 6.72. The van der Waals surface area contributed by atoms with Gasteiger partial charge in [0.05, 0.1) is 13.2 Å². The van der Waals surface area contributed by atoms with Crippen LogP contribution in [0.4, 0.5) is 0 Å². The molecule has 0 aliphatic heterocycles. The molecule has 0 aliphatic rings. The molecule has 0 saturated heterocycles. The first-order chi connectivity index (χ1) is 16.8. The van der Waals surface area contributed by atoms with Crippen molar-refractivity contribution in [2.24, 2.45) is 0 Å². The largest absolute Gasteiger partial charge is 0.494 e. The molecule has 0 aliphatic carbocycles. The average Bonchev–Trinajstić information content (AvgIpc) is 2.91. The number of rotatable bonds is 7. The molecule has 2 nitrogen and oxygen atoms in total. The van der Waals surface area contributed by atoms with E-state index in [0.29, 0.717) is 13.2 Å². The fourth-order valence-corrected chi connectivity index (χ4v) is 3.18. The molecule has 0 amide bonds. The van der Waals surface area contributed by atoms with Crippen LogP contribution in [-0.2, 0) is 0 Å². The van der Waals surface area contributed by atoms with Crippen LogP contribution in [0.25, 0.3) is 0 Å². The van der Waals surface area contributed by atoms with E-state index in [0.717, 1.165) is 46.6 Å². The highest BCUT2D eigenvalue weighted by Crippen LogP contribution is 2.14. The summed E-state index contributed by atoms with van der Waals surface area (Å²) >= 11 is 0. The molecule has 166 valence electrons. The fraction of sp³-hybridized carbons (Fsp3) is 0.125. The molecule has 4 aromatic carbocycles. The molecule has 0 fully saturated rings. The molecule has 34 heavy (non-hydrogen) atoms. The first-order valence-electron chi connectivity index (χ1n) is 11.4. The number of benzene rings is 4. The van der Waals surface area contributed by atoms with Crippen LogP contribution in [0.3, 0.4) is 0 Å². The maximum absolute atomic E-state index is 5.84. The molecule has 0 radical (unpaired) electrons. The Morgan fingerprint density at radius 3 is 1.06 bits per heavy atom. The van der Waals surface area contributed by atoms with Gasteiger partial charge in [0.2, 0.25) is 0 Å². The van der Waals surface area contributed by atoms with Crippen LogP contribution in [0.2, 0.25) is 0 Å². The minimum absolute atomic E-state index is 0.659. The molecule has 0 spiro atoms. The second-order valence-electron chi connectivity index (χ2n) is 7.68. The molecule has 4 rings (SSSR count). The molecular weight excluding hydrogens is 416 g/mol. The molecule has 0 bridgehead atoms. The molecule has 0 heterocycles. The lowest BCUT2D eigenvalue weighted by atomic mass is 10.2. The van der Waals surface area contributed by atoms with Gasteiger partial charge in [-0.25, -0.2) is 0 Å². The molecule has 4 aromatic rings. The fourth-order valence-electron chi connectivity index (χ4n) is 3.18. The highest BCUT2D eigenvalue weighted by atomic mass is 16.5. The van der Waals surface area contributed by atoms with Crippen molar-refractivity contribution >= 4 is 0 Å². The second-order valence-corrected chi connectivity index (χ2v) is 7.68. The summed E-state index contributed by atoms with van der Waals surface area (Å²) in [6, 6.07) is 35.8. The van der Waals surface area contributed by atoms with Gasteiger partial charge in [-0.3, -0.25) is 0 Å². The summed E-state index contributed by atoms with van der Waals surface area (Å²) in [5, 5.41) is 0. The van der Waals surface area contributed by atoms with E-state index in [1.165, 1.54) is 0 Å². The number of hydrogen-bond donors (Lipinski definition) is 0. The number of hydrogen-bond acceptors (Lipinski definition) is 2. The first kappa shape index (κ1) is 22.8. The van der Waals surface area contributed by atoms with Gasteiger partial charge < -0.3 is 9.47 Å². The van der Waals surface area contributed by atoms with E-state index in [-0.39, 0.29) is 0 Å². The van der Waals surface area contributed by atoms with E-state index in [9.17, 15) is 0 Å². The zero-order valence-electron chi connectivity index (χ0n) is 19.0. The van der Waals surface area contributed by atoms with Crippen LogP contribution in [0.15, 0.2) is 109 Å². The second kappa shape index (κ2) is 12.6. The maximum atomic E-state index is 5.84. The summed E-state index contributed by atoms with van der Waals surface area (Å²) in [6.07, 6.45) is 1.85. The van der Waals surface area contributed by atoms with Crippen molar-refractivity contribution < 1.29 is 9.47 Å². The quantitative estimate of drug-likeness (QED) is 0.234. The molecule has 2 heteroatoms. The van der Waals surface area contributed by atoms with Gasteiger partial charge in [0.1, 0.15) is 11.5 Å². The normalized spacial score (nSPS) is 9.76. The Kier molecular flexibility index (Phi) is 8.44. The minimum atomic E-state index is 0.659. The lowest BCUT2D eigenvalue weighted by molar-refractivity contribution is 0.266. The van der Waals surface area contributed by atoms with Crippen LogP contribution >= 0.6 is 0 Å². The first-order valence-corrected chi connectivity index (χ1v) is 11.4. The third-order valence-electron chi connectivity index (χ3n) is 5.03. The Morgan fingerprint density at radius 2 is 0.706 bits per heavy atom. The predicted molar refractivity (Wildman–Crippen MR) is 138 cm³/mol. The van der Waals surface area contributed by atoms with Crippen molar-refractivity contribution in [1.82, 2.24) is 0 Å². The van der Waals surface area contributed by atoms with Gasteiger partial charge in [-0.15, -0.1) is 0 Å². The smallest absolute Gasteiger partial charge is 0.119 e. The van der Waals surface area contributed by atoms with Gasteiger partial charge in [0, 0.05) is 22.3 Å². The molecule has 0 N–H and O–H groups in total. The third kappa shape index (κ3) is 7.63. The molecule has 0 atom stereocenters. The number of unbranched alkanes of at least 4 members (excludes halogenated alkanes) is 1. The number of ether oxygens (including phenoxy) is 2. The van der Waals surface area contributed by atoms with E-state index >= 15 is 0 Å². The van der Waals surface area contributed by atoms with Crippen LogP contribution in [0.1, 0.15) is 35.1 Å². The van der Waals surface area contributed by atoms with Crippen molar-refractivity contribution in [3.05, 3.63) is 131 Å². The topological polar surface area (TPSA) is 18.5 Å². The van der Waals surface area contributed by atoms with E-state index in [4.69, 9.17) is 9.47 Å². The van der Waals surface area contributed by atoms with Crippen molar-refractivity contribution in [2.75, 3.05) is 13.2 Å². The van der Waals surface area contributed by atoms with Gasteiger partial charge in [-0.2, -0.15) is 0 Å². The Morgan fingerprint density at radius 1 is 0.382 bits per heavy atom. The van der Waals surface area contributed by atoms with Crippen LogP contribution < -0.4 is 9.47 Å². The van der Waals surface area contributed by atoms with E-state index in [1.807, 2.05) is 109 Å². The molecule has 0 aromatic heterocycles. The zero-order chi connectivity index (χ0) is 23.3. The van der Waals surface area contributed by atoms with E-state index < -0.39 is 0 Å². The highest BCUT2D eigenvalue weighted by Gasteiger charge is 1.97. The summed E-state index contributed by atoms with van der Waals surface area (Å²) in [5.41, 5.74) is 3.97. The van der Waals surface area contributed by atoms with Crippen molar-refractivity contribution in [3.63, 3.8) is 0 Å². The Balaban J connectivity index is 1.13. The van der Waals surface area contributed by atoms with Gasteiger partial charge in [-0.1, -0.05) is 60.1 Å². The SMILES string of the molecule is C(#Cc1ccc(OCCCCOc2ccc(C#Cc3ccccc3)cc2)cc1)c1ccccc1. The lowest BCUT2D eigenvalue weighted by Crippen LogP contribution is -2.02. The van der Waals surface area contributed by atoms with Crippen molar-refractivity contribution in [2.45, 2.75) is 12.8 Å². The van der Waals surface area contributed by atoms with Gasteiger partial charge in [0.15, 0.2) is 0 Å². The highest BCUT2D eigenvalue weighted by molar-refractivity contribution is 5.45. The monoisotopic (exact) mass is 442 g/mol. The van der Waals surface area contributed by atoms with E-state index in [1.54, 1.807) is 0 Å². The Labute approximate surface area is 202 Å². The standard InChI is InChI=1S/C32H26O2/c1-3-9-27(10-4-1)13-15-29-17-21-31(22-18-29)33-25-7-8-26-34-32-23-19-30(20-24-32)16-14-28-11-5-2-6-12-28/h1-6,9-12,17-24H,7-8,25-26H2. The van der Waals surface area contributed by atoms with Crippen LogP contribution in [0, 0.1) is 23.7 Å². The van der Waals surface area contributed by atoms with Crippen molar-refractivity contribution in [1.29, 1.82) is 0 Å². The molecular formula is C32H26O2. The van der Waals surface area contributed by atoms with Crippen molar-refractivity contribution in [3.8, 4) is 35.2 Å².